The van der Waals surface area contributed by atoms with Crippen LogP contribution in [0.5, 0.6) is 5.75 Å². The first-order valence-corrected chi connectivity index (χ1v) is 7.19. The van der Waals surface area contributed by atoms with Gasteiger partial charge in [-0.05, 0) is 32.2 Å². The van der Waals surface area contributed by atoms with Gasteiger partial charge >= 0.3 is 0 Å². The van der Waals surface area contributed by atoms with Crippen molar-refractivity contribution in [2.75, 3.05) is 26.7 Å². The molecule has 0 heterocycles. The van der Waals surface area contributed by atoms with Crippen molar-refractivity contribution < 1.29 is 4.74 Å². The second-order valence-electron chi connectivity index (χ2n) is 5.26. The number of hydrogen-bond donors (Lipinski definition) is 1. The predicted molar refractivity (Wildman–Crippen MR) is 82.2 cm³/mol. The molecule has 1 atom stereocenters. The normalized spacial score (nSPS) is 13.0. The molecule has 0 aliphatic carbocycles. The van der Waals surface area contributed by atoms with E-state index in [2.05, 4.69) is 38.0 Å². The summed E-state index contributed by atoms with van der Waals surface area (Å²) in [6.45, 7) is 9.30. The Morgan fingerprint density at radius 2 is 2.05 bits per heavy atom. The molecule has 0 spiro atoms. The van der Waals surface area contributed by atoms with E-state index >= 15 is 0 Å². The number of benzene rings is 1. The molecule has 1 aromatic carbocycles. The van der Waals surface area contributed by atoms with Gasteiger partial charge in [0.05, 0.1) is 0 Å². The zero-order chi connectivity index (χ0) is 14.3. The van der Waals surface area contributed by atoms with Gasteiger partial charge in [-0.3, -0.25) is 0 Å². The van der Waals surface area contributed by atoms with Gasteiger partial charge in [-0.2, -0.15) is 0 Å². The maximum Gasteiger partial charge on any atom is 0.121 e. The van der Waals surface area contributed by atoms with Crippen LogP contribution in [0.2, 0.25) is 5.02 Å². The van der Waals surface area contributed by atoms with Crippen LogP contribution in [-0.2, 0) is 0 Å². The Bertz CT molecular complexity index is 371. The summed E-state index contributed by atoms with van der Waals surface area (Å²) in [5.41, 5.74) is 0. The molecule has 1 N–H and O–H groups in total. The largest absolute Gasteiger partial charge is 0.489 e. The van der Waals surface area contributed by atoms with Crippen molar-refractivity contribution in [3.8, 4) is 5.75 Å². The van der Waals surface area contributed by atoms with Gasteiger partial charge in [-0.15, -0.1) is 0 Å². The van der Waals surface area contributed by atoms with Crippen LogP contribution >= 0.6 is 11.6 Å². The fourth-order valence-corrected chi connectivity index (χ4v) is 2.06. The van der Waals surface area contributed by atoms with Crippen LogP contribution in [0.3, 0.4) is 0 Å². The maximum absolute atomic E-state index is 5.93. The number of hydrogen-bond acceptors (Lipinski definition) is 3. The Labute approximate surface area is 121 Å². The average molecular weight is 285 g/mol. The molecule has 0 aliphatic heterocycles. The molecule has 0 bridgehead atoms. The molecule has 1 rings (SSSR count). The molecule has 0 aliphatic rings. The summed E-state index contributed by atoms with van der Waals surface area (Å²) in [6, 6.07) is 8.07. The lowest BCUT2D eigenvalue weighted by molar-refractivity contribution is 0.162. The third kappa shape index (κ3) is 7.41. The van der Waals surface area contributed by atoms with E-state index in [9.17, 15) is 0 Å². The number of rotatable bonds is 8. The van der Waals surface area contributed by atoms with Crippen LogP contribution in [0, 0.1) is 0 Å². The average Bonchev–Trinajstić information content (AvgIpc) is 2.27. The van der Waals surface area contributed by atoms with Crippen LogP contribution in [0.4, 0.5) is 0 Å². The van der Waals surface area contributed by atoms with Gasteiger partial charge in [0.1, 0.15) is 11.9 Å². The molecule has 0 aromatic heterocycles. The lowest BCUT2D eigenvalue weighted by Crippen LogP contribution is -2.37. The smallest absolute Gasteiger partial charge is 0.121 e. The maximum atomic E-state index is 5.93. The summed E-state index contributed by atoms with van der Waals surface area (Å²) in [6.07, 6.45) is 0.141. The summed E-state index contributed by atoms with van der Waals surface area (Å²) in [5.74, 6) is 0.828. The first-order chi connectivity index (χ1) is 8.97. The lowest BCUT2D eigenvalue weighted by Gasteiger charge is -2.23. The molecule has 19 heavy (non-hydrogen) atoms. The van der Waals surface area contributed by atoms with Crippen molar-refractivity contribution in [1.29, 1.82) is 0 Å². The van der Waals surface area contributed by atoms with Gasteiger partial charge < -0.3 is 15.0 Å². The van der Waals surface area contributed by atoms with E-state index in [-0.39, 0.29) is 6.10 Å². The Hall–Kier alpha value is -0.770. The first kappa shape index (κ1) is 16.3. The Balaban J connectivity index is 2.28. The first-order valence-electron chi connectivity index (χ1n) is 6.81. The van der Waals surface area contributed by atoms with E-state index in [0.29, 0.717) is 11.1 Å². The summed E-state index contributed by atoms with van der Waals surface area (Å²) >= 11 is 5.93. The highest BCUT2D eigenvalue weighted by Crippen LogP contribution is 2.18. The van der Waals surface area contributed by atoms with Crippen LogP contribution < -0.4 is 10.1 Å². The Morgan fingerprint density at radius 1 is 1.32 bits per heavy atom. The summed E-state index contributed by atoms with van der Waals surface area (Å²) in [7, 11) is 2.11. The third-order valence-electron chi connectivity index (χ3n) is 2.75. The van der Waals surface area contributed by atoms with Crippen molar-refractivity contribution in [1.82, 2.24) is 10.2 Å². The van der Waals surface area contributed by atoms with E-state index in [4.69, 9.17) is 16.3 Å². The van der Waals surface area contributed by atoms with Crippen LogP contribution in [0.1, 0.15) is 20.8 Å². The number of likely N-dealkylation sites (N-methyl/N-ethyl adjacent to an activating group) is 1. The number of nitrogens with zero attached hydrogens (tertiary/aromatic N) is 1. The molecule has 1 unspecified atom stereocenters. The second kappa shape index (κ2) is 8.41. The molecule has 0 radical (unpaired) electrons. The fourth-order valence-electron chi connectivity index (χ4n) is 1.88. The Kier molecular flexibility index (Phi) is 7.21. The molecule has 3 nitrogen and oxygen atoms in total. The highest BCUT2D eigenvalue weighted by Gasteiger charge is 2.08. The minimum Gasteiger partial charge on any atom is -0.489 e. The molecular weight excluding hydrogens is 260 g/mol. The molecule has 1 aromatic rings. The monoisotopic (exact) mass is 284 g/mol. The Morgan fingerprint density at radius 3 is 2.68 bits per heavy atom. The van der Waals surface area contributed by atoms with E-state index in [1.54, 1.807) is 0 Å². The molecule has 0 saturated heterocycles. The molecular formula is C15H25ClN2O. The SMILES string of the molecule is CC(C)NCCN(C)CC(C)Oc1cccc(Cl)c1. The highest BCUT2D eigenvalue weighted by molar-refractivity contribution is 6.30. The number of nitrogens with one attached hydrogen (secondary N) is 1. The minimum atomic E-state index is 0.141. The zero-order valence-electron chi connectivity index (χ0n) is 12.3. The van der Waals surface area contributed by atoms with Crippen molar-refractivity contribution in [2.45, 2.75) is 32.9 Å². The summed E-state index contributed by atoms with van der Waals surface area (Å²) in [5, 5.41) is 4.11. The molecule has 4 heteroatoms. The number of halogens is 1. The third-order valence-corrected chi connectivity index (χ3v) is 2.98. The molecule has 0 saturated carbocycles. The van der Waals surface area contributed by atoms with E-state index in [1.165, 1.54) is 0 Å². The van der Waals surface area contributed by atoms with Crippen molar-refractivity contribution in [2.24, 2.45) is 0 Å². The fraction of sp³-hybridized carbons (Fsp3) is 0.600. The van der Waals surface area contributed by atoms with Crippen LogP contribution in [0.25, 0.3) is 0 Å². The van der Waals surface area contributed by atoms with Crippen molar-refractivity contribution in [3.05, 3.63) is 29.3 Å². The van der Waals surface area contributed by atoms with Gasteiger partial charge in [-0.25, -0.2) is 0 Å². The topological polar surface area (TPSA) is 24.5 Å². The van der Waals surface area contributed by atoms with Crippen LogP contribution in [0.15, 0.2) is 24.3 Å². The zero-order valence-corrected chi connectivity index (χ0v) is 13.1. The number of ether oxygens (including phenoxy) is 1. The van der Waals surface area contributed by atoms with Gasteiger partial charge in [0.15, 0.2) is 0 Å². The molecule has 0 amide bonds. The second-order valence-corrected chi connectivity index (χ2v) is 5.69. The lowest BCUT2D eigenvalue weighted by atomic mass is 10.3. The van der Waals surface area contributed by atoms with Gasteiger partial charge in [-0.1, -0.05) is 31.5 Å². The summed E-state index contributed by atoms with van der Waals surface area (Å²) in [4.78, 5) is 2.27. The van der Waals surface area contributed by atoms with E-state index in [1.807, 2.05) is 24.3 Å². The molecule has 108 valence electrons. The quantitative estimate of drug-likeness (QED) is 0.794. The predicted octanol–water partition coefficient (Wildman–Crippen LogP) is 3.04. The van der Waals surface area contributed by atoms with Gasteiger partial charge in [0.2, 0.25) is 0 Å². The molecule has 0 fully saturated rings. The van der Waals surface area contributed by atoms with Crippen LogP contribution in [-0.4, -0.2) is 43.7 Å². The minimum absolute atomic E-state index is 0.141. The standard InChI is InChI=1S/C15H25ClN2O/c1-12(2)17-8-9-18(4)11-13(3)19-15-7-5-6-14(16)10-15/h5-7,10,12-13,17H,8-9,11H2,1-4H3. The highest BCUT2D eigenvalue weighted by atomic mass is 35.5. The summed E-state index contributed by atoms with van der Waals surface area (Å²) < 4.78 is 5.85. The van der Waals surface area contributed by atoms with E-state index in [0.717, 1.165) is 25.4 Å². The van der Waals surface area contributed by atoms with Crippen molar-refractivity contribution in [3.63, 3.8) is 0 Å². The van der Waals surface area contributed by atoms with Gasteiger partial charge in [0, 0.05) is 30.7 Å². The van der Waals surface area contributed by atoms with E-state index < -0.39 is 0 Å². The van der Waals surface area contributed by atoms with Crippen molar-refractivity contribution >= 4 is 11.6 Å². The van der Waals surface area contributed by atoms with Gasteiger partial charge in [0.25, 0.3) is 0 Å².